The Kier molecular flexibility index (Phi) is 25.8. The van der Waals surface area contributed by atoms with Crippen molar-refractivity contribution in [1.82, 2.24) is 25.8 Å². The van der Waals surface area contributed by atoms with Crippen molar-refractivity contribution in [1.29, 1.82) is 0 Å². The van der Waals surface area contributed by atoms with Gasteiger partial charge in [0.1, 0.15) is 5.60 Å². The highest BCUT2D eigenvalue weighted by atomic mass is 35.5. The molecule has 2 aliphatic heterocycles. The molecule has 2 saturated heterocycles. The van der Waals surface area contributed by atoms with Crippen molar-refractivity contribution in [3.05, 3.63) is 70.8 Å². The summed E-state index contributed by atoms with van der Waals surface area (Å²) in [6.07, 6.45) is 14.0. The van der Waals surface area contributed by atoms with Gasteiger partial charge in [-0.05, 0) is 158 Å². The Morgan fingerprint density at radius 2 is 1.06 bits per heavy atom. The molecule has 4 fully saturated rings. The van der Waals surface area contributed by atoms with Crippen LogP contribution in [0, 0.1) is 23.7 Å². The molecule has 2 aliphatic carbocycles. The molecule has 0 radical (unpaired) electrons. The number of alkyl carbamates (subject to hydrolysis) is 1. The first-order chi connectivity index (χ1) is 30.4. The van der Waals surface area contributed by atoms with E-state index in [4.69, 9.17) is 19.9 Å². The fourth-order valence-electron chi connectivity index (χ4n) is 9.93. The van der Waals surface area contributed by atoms with Crippen molar-refractivity contribution in [2.24, 2.45) is 29.4 Å². The minimum Gasteiger partial charge on any atom is -0.444 e. The standard InChI is InChI=1S/C28H45N3O4.C23H37N3O2.2ClH/c1-5-34-20-22-9-8-16-31(18-22)19-24-10-6-7-11-25(24)30-26(32)23-14-12-21(13-15-23)17-29-27(33)35-28(2,3)4;1-2-28-17-19-6-5-13-26(15-19)16-21-7-3-4-8-22(21)25-23(27)20-11-9-18(14-24)10-12-20;;/h12-15,22,24-25H,5-11,16-20H2,1-4H3,(H,29,33)(H,30,32);9-12,19,21-22H,2-8,13-17,24H2,1H3,(H,25,27);2*1H/t22-,24-,25+;19-,21-,22+;;/m11../s1. The Hall–Kier alpha value is -2.97. The number of carbonyl (C=O) groups is 3. The van der Waals surface area contributed by atoms with Crippen LogP contribution in [0.2, 0.25) is 0 Å². The first kappa shape index (κ1) is 56.4. The molecule has 2 heterocycles. The van der Waals surface area contributed by atoms with Gasteiger partial charge in [-0.2, -0.15) is 0 Å². The van der Waals surface area contributed by atoms with Gasteiger partial charge in [0.05, 0.1) is 13.2 Å². The second kappa shape index (κ2) is 29.7. The number of nitrogens with one attached hydrogen (secondary N) is 3. The number of likely N-dealkylation sites (tertiary alicyclic amines) is 2. The molecule has 6 atom stereocenters. The monoisotopic (exact) mass is 947 g/mol. The predicted molar refractivity (Wildman–Crippen MR) is 266 cm³/mol. The molecule has 3 amide bonds. The molecule has 2 aromatic carbocycles. The number of hydrogen-bond acceptors (Lipinski definition) is 9. The summed E-state index contributed by atoms with van der Waals surface area (Å²) in [4.78, 5) is 42.8. The Morgan fingerprint density at radius 3 is 1.48 bits per heavy atom. The van der Waals surface area contributed by atoms with Gasteiger partial charge in [-0.1, -0.05) is 49.9 Å². The molecule has 368 valence electrons. The van der Waals surface area contributed by atoms with E-state index in [-0.39, 0.29) is 48.7 Å². The number of amides is 3. The molecule has 0 unspecified atom stereocenters. The van der Waals surface area contributed by atoms with Crippen LogP contribution in [-0.4, -0.2) is 111 Å². The maximum atomic E-state index is 13.0. The smallest absolute Gasteiger partial charge is 0.407 e. The van der Waals surface area contributed by atoms with Crippen LogP contribution in [0.3, 0.4) is 0 Å². The third-order valence-electron chi connectivity index (χ3n) is 13.3. The molecular weight excluding hydrogens is 864 g/mol. The van der Waals surface area contributed by atoms with Gasteiger partial charge < -0.3 is 45.7 Å². The van der Waals surface area contributed by atoms with Gasteiger partial charge in [0.2, 0.25) is 0 Å². The van der Waals surface area contributed by atoms with Crippen molar-refractivity contribution in [3.8, 4) is 0 Å². The fraction of sp³-hybridized carbons (Fsp3) is 0.706. The molecular formula is C51H84Cl2N6O6. The van der Waals surface area contributed by atoms with Crippen molar-refractivity contribution in [2.45, 2.75) is 142 Å². The van der Waals surface area contributed by atoms with E-state index in [2.05, 4.69) is 39.6 Å². The average Bonchev–Trinajstić information content (AvgIpc) is 3.28. The predicted octanol–water partition coefficient (Wildman–Crippen LogP) is 8.77. The number of benzene rings is 2. The van der Waals surface area contributed by atoms with E-state index in [1.165, 1.54) is 70.8 Å². The van der Waals surface area contributed by atoms with Crippen LogP contribution in [0.5, 0.6) is 0 Å². The zero-order chi connectivity index (χ0) is 45.0. The van der Waals surface area contributed by atoms with Crippen LogP contribution in [0.25, 0.3) is 0 Å². The highest BCUT2D eigenvalue weighted by molar-refractivity contribution is 5.95. The molecule has 5 N–H and O–H groups in total. The minimum absolute atomic E-state index is 0. The Labute approximate surface area is 403 Å². The summed E-state index contributed by atoms with van der Waals surface area (Å²) in [6, 6.07) is 15.6. The van der Waals surface area contributed by atoms with E-state index < -0.39 is 11.7 Å². The lowest BCUT2D eigenvalue weighted by atomic mass is 9.83. The molecule has 0 spiro atoms. The quantitative estimate of drug-likeness (QED) is 0.122. The summed E-state index contributed by atoms with van der Waals surface area (Å²) in [5.74, 6) is 2.37. The normalized spacial score (nSPS) is 23.9. The molecule has 2 aromatic rings. The average molecular weight is 948 g/mol. The summed E-state index contributed by atoms with van der Waals surface area (Å²) in [5.41, 5.74) is 8.50. The summed E-state index contributed by atoms with van der Waals surface area (Å²) < 4.78 is 16.6. The van der Waals surface area contributed by atoms with Gasteiger partial charge in [-0.3, -0.25) is 9.59 Å². The molecule has 65 heavy (non-hydrogen) atoms. The number of piperidine rings is 2. The maximum Gasteiger partial charge on any atom is 0.407 e. The highest BCUT2D eigenvalue weighted by Gasteiger charge is 2.32. The van der Waals surface area contributed by atoms with Crippen LogP contribution < -0.4 is 21.7 Å². The van der Waals surface area contributed by atoms with Crippen LogP contribution in [-0.2, 0) is 27.3 Å². The van der Waals surface area contributed by atoms with Gasteiger partial charge in [0.25, 0.3) is 11.8 Å². The highest BCUT2D eigenvalue weighted by Crippen LogP contribution is 2.29. The largest absolute Gasteiger partial charge is 0.444 e. The van der Waals surface area contributed by atoms with E-state index >= 15 is 0 Å². The second-order valence-electron chi connectivity index (χ2n) is 19.6. The number of hydrogen-bond donors (Lipinski definition) is 4. The molecule has 12 nitrogen and oxygen atoms in total. The first-order valence-electron chi connectivity index (χ1n) is 24.5. The number of rotatable bonds is 17. The van der Waals surface area contributed by atoms with E-state index in [1.54, 1.807) is 0 Å². The van der Waals surface area contributed by atoms with Crippen LogP contribution in [0.1, 0.15) is 144 Å². The van der Waals surface area contributed by atoms with Gasteiger partial charge >= 0.3 is 6.09 Å². The van der Waals surface area contributed by atoms with Crippen molar-refractivity contribution in [3.63, 3.8) is 0 Å². The minimum atomic E-state index is -0.526. The Morgan fingerprint density at radius 1 is 0.631 bits per heavy atom. The third kappa shape index (κ3) is 20.0. The van der Waals surface area contributed by atoms with Gasteiger partial charge in [0, 0.05) is 75.7 Å². The molecule has 6 rings (SSSR count). The lowest BCUT2D eigenvalue weighted by Gasteiger charge is -2.39. The number of nitrogens with two attached hydrogens (primary N) is 1. The number of halogens is 2. The molecule has 0 bridgehead atoms. The van der Waals surface area contributed by atoms with Crippen molar-refractivity contribution >= 4 is 42.7 Å². The van der Waals surface area contributed by atoms with Gasteiger partial charge in [-0.25, -0.2) is 4.79 Å². The second-order valence-corrected chi connectivity index (χ2v) is 19.6. The summed E-state index contributed by atoms with van der Waals surface area (Å²) in [6.45, 7) is 20.6. The number of nitrogens with zero attached hydrogens (tertiary/aromatic N) is 2. The first-order valence-corrected chi connectivity index (χ1v) is 24.5. The van der Waals surface area contributed by atoms with Crippen LogP contribution >= 0.6 is 24.8 Å². The topological polar surface area (TPSA) is 147 Å². The Bertz CT molecular complexity index is 1660. The zero-order valence-electron chi connectivity index (χ0n) is 40.3. The third-order valence-corrected chi connectivity index (χ3v) is 13.3. The fourth-order valence-corrected chi connectivity index (χ4v) is 9.93. The van der Waals surface area contributed by atoms with Crippen LogP contribution in [0.4, 0.5) is 4.79 Å². The lowest BCUT2D eigenvalue weighted by Crippen LogP contribution is -2.48. The zero-order valence-corrected chi connectivity index (χ0v) is 41.9. The van der Waals surface area contributed by atoms with E-state index in [1.807, 2.05) is 69.3 Å². The van der Waals surface area contributed by atoms with Crippen LogP contribution in [0.15, 0.2) is 48.5 Å². The SMILES string of the molecule is CCOC[C@@H]1CCCN(C[C@H]2CCCC[C@@H]2NC(=O)c2ccc(CN)cc2)C1.CCOC[C@@H]1CCCN(C[C@H]2CCCC[C@@H]2NC(=O)c2ccc(CNC(=O)OC(C)(C)C)cc2)C1.Cl.Cl. The summed E-state index contributed by atoms with van der Waals surface area (Å²) >= 11 is 0. The summed E-state index contributed by atoms with van der Waals surface area (Å²) in [7, 11) is 0. The van der Waals surface area contributed by atoms with Gasteiger partial charge in [0.15, 0.2) is 0 Å². The number of ether oxygens (including phenoxy) is 3. The van der Waals surface area contributed by atoms with Gasteiger partial charge in [-0.15, -0.1) is 24.8 Å². The molecule has 14 heteroatoms. The number of carbonyl (C=O) groups excluding carboxylic acids is 3. The van der Waals surface area contributed by atoms with E-state index in [0.29, 0.717) is 42.3 Å². The molecule has 0 aromatic heterocycles. The molecule has 4 aliphatic rings. The van der Waals surface area contributed by atoms with Crippen molar-refractivity contribution < 1.29 is 28.6 Å². The lowest BCUT2D eigenvalue weighted by molar-refractivity contribution is 0.0522. The maximum absolute atomic E-state index is 13.0. The van der Waals surface area contributed by atoms with Crippen molar-refractivity contribution in [2.75, 3.05) is 65.7 Å². The molecule has 2 saturated carbocycles. The Balaban J connectivity index is 0.000000342. The van der Waals surface area contributed by atoms with E-state index in [0.717, 1.165) is 88.7 Å². The summed E-state index contributed by atoms with van der Waals surface area (Å²) in [5, 5.41) is 9.43. The van der Waals surface area contributed by atoms with E-state index in [9.17, 15) is 14.4 Å².